The summed E-state index contributed by atoms with van der Waals surface area (Å²) in [6.07, 6.45) is 6.66. The molecule has 1 atom stereocenters. The number of rotatable bonds is 6. The lowest BCUT2D eigenvalue weighted by molar-refractivity contribution is 0.0937. The molecule has 0 saturated heterocycles. The van der Waals surface area contributed by atoms with Gasteiger partial charge in [0.1, 0.15) is 0 Å². The van der Waals surface area contributed by atoms with Crippen molar-refractivity contribution in [3.05, 3.63) is 48.0 Å². The van der Waals surface area contributed by atoms with Crippen molar-refractivity contribution in [3.8, 4) is 0 Å². The zero-order valence-electron chi connectivity index (χ0n) is 9.65. The van der Waals surface area contributed by atoms with E-state index in [4.69, 9.17) is 4.74 Å². The van der Waals surface area contributed by atoms with Gasteiger partial charge in [0.15, 0.2) is 0 Å². The van der Waals surface area contributed by atoms with E-state index < -0.39 is 0 Å². The Morgan fingerprint density at radius 1 is 1.20 bits per heavy atom. The molecule has 0 aromatic heterocycles. The van der Waals surface area contributed by atoms with Gasteiger partial charge in [0.2, 0.25) is 0 Å². The van der Waals surface area contributed by atoms with Crippen molar-refractivity contribution in [2.24, 2.45) is 0 Å². The van der Waals surface area contributed by atoms with Gasteiger partial charge < -0.3 is 4.74 Å². The molecule has 0 saturated carbocycles. The van der Waals surface area contributed by atoms with Crippen molar-refractivity contribution in [1.82, 2.24) is 0 Å². The molecule has 0 N–H and O–H groups in total. The van der Waals surface area contributed by atoms with E-state index in [2.05, 4.69) is 43.3 Å². The zero-order chi connectivity index (χ0) is 10.9. The molecule has 0 spiro atoms. The number of hydrogen-bond donors (Lipinski definition) is 0. The molecule has 0 amide bonds. The van der Waals surface area contributed by atoms with Crippen LogP contribution in [0.5, 0.6) is 0 Å². The Hall–Kier alpha value is -1.08. The smallest absolute Gasteiger partial charge is 0.0753 e. The molecular weight excluding hydrogens is 184 g/mol. The molecule has 1 unspecified atom stereocenters. The minimum atomic E-state index is 0.277. The van der Waals surface area contributed by atoms with Crippen molar-refractivity contribution in [1.29, 1.82) is 0 Å². The third-order valence-corrected chi connectivity index (χ3v) is 2.33. The molecule has 82 valence electrons. The Bertz CT molecular complexity index is 277. The number of allylic oxidation sites excluding steroid dienone is 1. The Labute approximate surface area is 92.8 Å². The number of ether oxygens (including phenoxy) is 1. The topological polar surface area (TPSA) is 9.23 Å². The first-order chi connectivity index (χ1) is 7.36. The summed E-state index contributed by atoms with van der Waals surface area (Å²) in [5, 5.41) is 0. The average molecular weight is 204 g/mol. The fourth-order valence-electron chi connectivity index (χ4n) is 1.49. The van der Waals surface area contributed by atoms with E-state index in [1.165, 1.54) is 5.56 Å². The molecule has 1 rings (SSSR count). The summed E-state index contributed by atoms with van der Waals surface area (Å²) in [4.78, 5) is 0. The maximum atomic E-state index is 5.54. The molecule has 0 aliphatic heterocycles. The highest BCUT2D eigenvalue weighted by molar-refractivity contribution is 5.17. The van der Waals surface area contributed by atoms with Crippen molar-refractivity contribution in [2.45, 2.75) is 32.8 Å². The SMILES string of the molecule is CCOC(C=CCc1ccccc1)CC. The Kier molecular flexibility index (Phi) is 5.79. The van der Waals surface area contributed by atoms with Crippen LogP contribution in [0.2, 0.25) is 0 Å². The number of hydrogen-bond acceptors (Lipinski definition) is 1. The lowest BCUT2D eigenvalue weighted by Gasteiger charge is -2.09. The van der Waals surface area contributed by atoms with Crippen molar-refractivity contribution >= 4 is 0 Å². The molecule has 0 aliphatic carbocycles. The van der Waals surface area contributed by atoms with Gasteiger partial charge in [-0.2, -0.15) is 0 Å². The summed E-state index contributed by atoms with van der Waals surface area (Å²) < 4.78 is 5.54. The standard InChI is InChI=1S/C14H20O/c1-3-14(15-4-2)12-8-11-13-9-6-5-7-10-13/h5-10,12,14H,3-4,11H2,1-2H3. The Morgan fingerprint density at radius 2 is 1.93 bits per heavy atom. The second-order valence-corrected chi connectivity index (χ2v) is 3.52. The molecule has 15 heavy (non-hydrogen) atoms. The summed E-state index contributed by atoms with van der Waals surface area (Å²) in [7, 11) is 0. The van der Waals surface area contributed by atoms with Crippen molar-refractivity contribution in [3.63, 3.8) is 0 Å². The lowest BCUT2D eigenvalue weighted by atomic mass is 10.1. The van der Waals surface area contributed by atoms with Crippen LogP contribution >= 0.6 is 0 Å². The van der Waals surface area contributed by atoms with Crippen LogP contribution in [0.15, 0.2) is 42.5 Å². The van der Waals surface area contributed by atoms with Crippen LogP contribution in [-0.4, -0.2) is 12.7 Å². The largest absolute Gasteiger partial charge is 0.374 e. The predicted octanol–water partition coefficient (Wildman–Crippen LogP) is 3.60. The van der Waals surface area contributed by atoms with Crippen LogP contribution in [0, 0.1) is 0 Å². The first kappa shape index (κ1) is 12.0. The van der Waals surface area contributed by atoms with Crippen LogP contribution in [-0.2, 0) is 11.2 Å². The first-order valence-corrected chi connectivity index (χ1v) is 5.69. The zero-order valence-corrected chi connectivity index (χ0v) is 9.65. The average Bonchev–Trinajstić information content (AvgIpc) is 2.29. The van der Waals surface area contributed by atoms with Crippen molar-refractivity contribution < 1.29 is 4.74 Å². The van der Waals surface area contributed by atoms with Gasteiger partial charge in [0.05, 0.1) is 6.10 Å². The van der Waals surface area contributed by atoms with Crippen LogP contribution in [0.3, 0.4) is 0 Å². The van der Waals surface area contributed by atoms with E-state index in [-0.39, 0.29) is 6.10 Å². The minimum absolute atomic E-state index is 0.277. The molecule has 0 fully saturated rings. The second-order valence-electron chi connectivity index (χ2n) is 3.52. The molecule has 1 heteroatoms. The molecule has 1 aromatic rings. The summed E-state index contributed by atoms with van der Waals surface area (Å²) in [5.74, 6) is 0. The molecular formula is C14H20O. The van der Waals surface area contributed by atoms with Gasteiger partial charge in [0.25, 0.3) is 0 Å². The maximum absolute atomic E-state index is 5.54. The quantitative estimate of drug-likeness (QED) is 0.643. The van der Waals surface area contributed by atoms with Gasteiger partial charge in [0, 0.05) is 6.61 Å². The fraction of sp³-hybridized carbons (Fsp3) is 0.429. The van der Waals surface area contributed by atoms with E-state index in [0.717, 1.165) is 19.4 Å². The summed E-state index contributed by atoms with van der Waals surface area (Å²) in [5.41, 5.74) is 1.35. The maximum Gasteiger partial charge on any atom is 0.0753 e. The summed E-state index contributed by atoms with van der Waals surface area (Å²) in [6.45, 7) is 4.97. The molecule has 0 aliphatic rings. The fourth-order valence-corrected chi connectivity index (χ4v) is 1.49. The van der Waals surface area contributed by atoms with Gasteiger partial charge in [-0.05, 0) is 25.3 Å². The highest BCUT2D eigenvalue weighted by Gasteiger charge is 1.98. The van der Waals surface area contributed by atoms with Gasteiger partial charge in [-0.25, -0.2) is 0 Å². The van der Waals surface area contributed by atoms with Gasteiger partial charge in [-0.3, -0.25) is 0 Å². The number of benzene rings is 1. The van der Waals surface area contributed by atoms with E-state index in [1.54, 1.807) is 0 Å². The van der Waals surface area contributed by atoms with Gasteiger partial charge in [-0.15, -0.1) is 0 Å². The third kappa shape index (κ3) is 4.80. The minimum Gasteiger partial charge on any atom is -0.374 e. The van der Waals surface area contributed by atoms with Crippen LogP contribution < -0.4 is 0 Å². The molecule has 1 aromatic carbocycles. The van der Waals surface area contributed by atoms with E-state index >= 15 is 0 Å². The Balaban J connectivity index is 2.38. The van der Waals surface area contributed by atoms with Crippen LogP contribution in [0.1, 0.15) is 25.8 Å². The second kappa shape index (κ2) is 7.24. The third-order valence-electron chi connectivity index (χ3n) is 2.33. The highest BCUT2D eigenvalue weighted by Crippen LogP contribution is 2.03. The van der Waals surface area contributed by atoms with E-state index in [1.807, 2.05) is 13.0 Å². The van der Waals surface area contributed by atoms with Gasteiger partial charge in [-0.1, -0.05) is 49.4 Å². The summed E-state index contributed by atoms with van der Waals surface area (Å²) in [6, 6.07) is 10.5. The van der Waals surface area contributed by atoms with Gasteiger partial charge >= 0.3 is 0 Å². The predicted molar refractivity (Wildman–Crippen MR) is 65.0 cm³/mol. The first-order valence-electron chi connectivity index (χ1n) is 5.69. The van der Waals surface area contributed by atoms with Crippen LogP contribution in [0.25, 0.3) is 0 Å². The molecule has 1 nitrogen and oxygen atoms in total. The Morgan fingerprint density at radius 3 is 2.53 bits per heavy atom. The van der Waals surface area contributed by atoms with Crippen molar-refractivity contribution in [2.75, 3.05) is 6.61 Å². The highest BCUT2D eigenvalue weighted by atomic mass is 16.5. The lowest BCUT2D eigenvalue weighted by Crippen LogP contribution is -2.07. The normalized spacial score (nSPS) is 13.2. The molecule has 0 heterocycles. The monoisotopic (exact) mass is 204 g/mol. The summed E-state index contributed by atoms with van der Waals surface area (Å²) >= 11 is 0. The van der Waals surface area contributed by atoms with Crippen LogP contribution in [0.4, 0.5) is 0 Å². The van der Waals surface area contributed by atoms with E-state index in [0.29, 0.717) is 0 Å². The molecule has 0 radical (unpaired) electrons. The molecule has 0 bridgehead atoms. The van der Waals surface area contributed by atoms with E-state index in [9.17, 15) is 0 Å².